The van der Waals surface area contributed by atoms with E-state index in [0.717, 1.165) is 19.3 Å². The van der Waals surface area contributed by atoms with Crippen LogP contribution in [0.5, 0.6) is 0 Å². The van der Waals surface area contributed by atoms with Crippen LogP contribution in [0, 0.1) is 5.82 Å². The van der Waals surface area contributed by atoms with Crippen LogP contribution in [0.3, 0.4) is 0 Å². The smallest absolute Gasteiger partial charge is 0.123 e. The number of benzene rings is 1. The van der Waals surface area contributed by atoms with Gasteiger partial charge in [0.2, 0.25) is 0 Å². The van der Waals surface area contributed by atoms with E-state index in [4.69, 9.17) is 5.73 Å². The van der Waals surface area contributed by atoms with E-state index in [-0.39, 0.29) is 5.82 Å². The molecule has 2 nitrogen and oxygen atoms in total. The van der Waals surface area contributed by atoms with Gasteiger partial charge in [0.15, 0.2) is 0 Å². The van der Waals surface area contributed by atoms with E-state index in [9.17, 15) is 4.39 Å². The lowest BCUT2D eigenvalue weighted by Crippen LogP contribution is -2.48. The second-order valence-electron chi connectivity index (χ2n) is 6.04. The van der Waals surface area contributed by atoms with E-state index < -0.39 is 0 Å². The number of piperidine rings is 1. The molecule has 2 N–H and O–H groups in total. The third-order valence-corrected chi connectivity index (χ3v) is 4.83. The molecule has 2 saturated heterocycles. The molecule has 0 amide bonds. The van der Waals surface area contributed by atoms with Gasteiger partial charge in [-0.1, -0.05) is 19.1 Å². The minimum absolute atomic E-state index is 0.151. The number of rotatable bonds is 3. The molecule has 3 rings (SSSR count). The van der Waals surface area contributed by atoms with Crippen molar-refractivity contribution in [3.05, 3.63) is 35.6 Å². The lowest BCUT2D eigenvalue weighted by molar-refractivity contribution is 0.0745. The van der Waals surface area contributed by atoms with Crippen LogP contribution >= 0.6 is 0 Å². The molecular formula is C16H23FN2. The van der Waals surface area contributed by atoms with Crippen LogP contribution in [-0.2, 0) is 0 Å². The number of fused-ring (bicyclic) bond motifs is 2. The third-order valence-electron chi connectivity index (χ3n) is 4.83. The molecule has 1 aromatic carbocycles. The van der Waals surface area contributed by atoms with Gasteiger partial charge in [-0.3, -0.25) is 4.90 Å². The highest BCUT2D eigenvalue weighted by Crippen LogP contribution is 2.42. The fourth-order valence-electron chi connectivity index (χ4n) is 4.07. The molecule has 2 aliphatic heterocycles. The van der Waals surface area contributed by atoms with Crippen LogP contribution < -0.4 is 5.73 Å². The van der Waals surface area contributed by atoms with Crippen LogP contribution in [0.25, 0.3) is 0 Å². The Bertz CT molecular complexity index is 417. The van der Waals surface area contributed by atoms with Gasteiger partial charge in [0, 0.05) is 24.2 Å². The average molecular weight is 262 g/mol. The van der Waals surface area contributed by atoms with Gasteiger partial charge in [-0.25, -0.2) is 4.39 Å². The Balaban J connectivity index is 1.85. The number of nitrogens with two attached hydrogens (primary N) is 1. The summed E-state index contributed by atoms with van der Waals surface area (Å²) >= 11 is 0. The van der Waals surface area contributed by atoms with Crippen molar-refractivity contribution in [2.45, 2.75) is 63.2 Å². The number of nitrogens with zero attached hydrogens (tertiary/aromatic N) is 1. The lowest BCUT2D eigenvalue weighted by Gasteiger charge is -2.43. The summed E-state index contributed by atoms with van der Waals surface area (Å²) < 4.78 is 13.1. The first-order chi connectivity index (χ1) is 9.19. The molecule has 2 heterocycles. The Morgan fingerprint density at radius 1 is 1.21 bits per heavy atom. The van der Waals surface area contributed by atoms with Crippen LogP contribution in [0.1, 0.15) is 50.6 Å². The van der Waals surface area contributed by atoms with Gasteiger partial charge in [-0.05, 0) is 49.8 Å². The Kier molecular flexibility index (Phi) is 3.59. The maximum atomic E-state index is 13.1. The van der Waals surface area contributed by atoms with Crippen molar-refractivity contribution in [1.29, 1.82) is 0 Å². The highest BCUT2D eigenvalue weighted by Gasteiger charge is 2.42. The van der Waals surface area contributed by atoms with Crippen LogP contribution in [0.15, 0.2) is 24.3 Å². The summed E-state index contributed by atoms with van der Waals surface area (Å²) in [6, 6.07) is 9.10. The largest absolute Gasteiger partial charge is 0.328 e. The zero-order chi connectivity index (χ0) is 13.4. The molecule has 0 radical (unpaired) electrons. The number of hydrogen-bond acceptors (Lipinski definition) is 2. The monoisotopic (exact) mass is 262 g/mol. The van der Waals surface area contributed by atoms with Crippen molar-refractivity contribution in [2.24, 2.45) is 5.73 Å². The van der Waals surface area contributed by atoms with E-state index in [2.05, 4.69) is 11.8 Å². The normalized spacial score (nSPS) is 32.5. The fourth-order valence-corrected chi connectivity index (χ4v) is 4.07. The molecule has 0 spiro atoms. The zero-order valence-electron chi connectivity index (χ0n) is 11.6. The Labute approximate surface area is 114 Å². The summed E-state index contributed by atoms with van der Waals surface area (Å²) in [7, 11) is 0. The molecular weight excluding hydrogens is 239 g/mol. The van der Waals surface area contributed by atoms with Gasteiger partial charge in [-0.2, -0.15) is 0 Å². The number of hydrogen-bond donors (Lipinski definition) is 1. The van der Waals surface area contributed by atoms with E-state index in [0.29, 0.717) is 24.2 Å². The lowest BCUT2D eigenvalue weighted by atomic mass is 9.92. The van der Waals surface area contributed by atoms with Crippen LogP contribution in [-0.4, -0.2) is 23.0 Å². The van der Waals surface area contributed by atoms with Crippen molar-refractivity contribution < 1.29 is 4.39 Å². The van der Waals surface area contributed by atoms with Crippen molar-refractivity contribution >= 4 is 0 Å². The molecule has 0 saturated carbocycles. The molecule has 0 aromatic heterocycles. The predicted molar refractivity (Wildman–Crippen MR) is 75.3 cm³/mol. The van der Waals surface area contributed by atoms with Crippen molar-refractivity contribution in [3.8, 4) is 0 Å². The first-order valence-corrected chi connectivity index (χ1v) is 7.47. The predicted octanol–water partition coefficient (Wildman–Crippen LogP) is 3.23. The average Bonchev–Trinajstić information content (AvgIpc) is 2.66. The summed E-state index contributed by atoms with van der Waals surface area (Å²) in [5.74, 6) is -0.151. The topological polar surface area (TPSA) is 29.3 Å². The highest BCUT2D eigenvalue weighted by atomic mass is 19.1. The molecule has 0 aliphatic carbocycles. The Morgan fingerprint density at radius 2 is 1.79 bits per heavy atom. The number of halogens is 1. The van der Waals surface area contributed by atoms with Gasteiger partial charge in [0.1, 0.15) is 5.82 Å². The van der Waals surface area contributed by atoms with Gasteiger partial charge in [0.25, 0.3) is 0 Å². The maximum Gasteiger partial charge on any atom is 0.123 e. The quantitative estimate of drug-likeness (QED) is 0.906. The van der Waals surface area contributed by atoms with Gasteiger partial charge >= 0.3 is 0 Å². The minimum atomic E-state index is -0.151. The van der Waals surface area contributed by atoms with Gasteiger partial charge < -0.3 is 5.73 Å². The highest BCUT2D eigenvalue weighted by molar-refractivity contribution is 5.21. The SMILES string of the molecule is CCC(c1ccc(F)cc1)N1C2CCC1CC(N)C2. The van der Waals surface area contributed by atoms with Gasteiger partial charge in [0.05, 0.1) is 0 Å². The molecule has 3 atom stereocenters. The van der Waals surface area contributed by atoms with Crippen molar-refractivity contribution in [3.63, 3.8) is 0 Å². The standard InChI is InChI=1S/C16H23FN2/c1-2-16(11-3-5-12(17)6-4-11)19-14-7-8-15(19)10-13(18)9-14/h3-6,13-16H,2,7-10,18H2,1H3. The molecule has 3 heteroatoms. The summed E-state index contributed by atoms with van der Waals surface area (Å²) in [5, 5.41) is 0. The molecule has 19 heavy (non-hydrogen) atoms. The minimum Gasteiger partial charge on any atom is -0.328 e. The first kappa shape index (κ1) is 13.1. The molecule has 2 aliphatic rings. The summed E-state index contributed by atoms with van der Waals surface area (Å²) in [6.45, 7) is 2.22. The molecule has 1 aromatic rings. The summed E-state index contributed by atoms with van der Waals surface area (Å²) in [6.07, 6.45) is 5.86. The van der Waals surface area contributed by atoms with Gasteiger partial charge in [-0.15, -0.1) is 0 Å². The molecule has 3 unspecified atom stereocenters. The van der Waals surface area contributed by atoms with E-state index in [1.165, 1.54) is 18.4 Å². The summed E-state index contributed by atoms with van der Waals surface area (Å²) in [4.78, 5) is 2.66. The van der Waals surface area contributed by atoms with E-state index in [1.807, 2.05) is 12.1 Å². The van der Waals surface area contributed by atoms with E-state index >= 15 is 0 Å². The molecule has 104 valence electrons. The first-order valence-electron chi connectivity index (χ1n) is 7.47. The maximum absolute atomic E-state index is 13.1. The second kappa shape index (κ2) is 5.22. The van der Waals surface area contributed by atoms with Crippen molar-refractivity contribution in [1.82, 2.24) is 4.90 Å². The van der Waals surface area contributed by atoms with Crippen LogP contribution in [0.2, 0.25) is 0 Å². The summed E-state index contributed by atoms with van der Waals surface area (Å²) in [5.41, 5.74) is 7.39. The third kappa shape index (κ3) is 2.41. The second-order valence-corrected chi connectivity index (χ2v) is 6.04. The Morgan fingerprint density at radius 3 is 2.32 bits per heavy atom. The van der Waals surface area contributed by atoms with Crippen molar-refractivity contribution in [2.75, 3.05) is 0 Å². The van der Waals surface area contributed by atoms with Crippen LogP contribution in [0.4, 0.5) is 4.39 Å². The molecule has 2 bridgehead atoms. The fraction of sp³-hybridized carbons (Fsp3) is 0.625. The van der Waals surface area contributed by atoms with E-state index in [1.54, 1.807) is 12.1 Å². The Hall–Kier alpha value is -0.930. The zero-order valence-corrected chi connectivity index (χ0v) is 11.6. The molecule has 2 fully saturated rings.